The number of rotatable bonds is 2. The Kier molecular flexibility index (Phi) is 3.92. The van der Waals surface area contributed by atoms with Crippen molar-refractivity contribution in [3.8, 4) is 16.9 Å². The second kappa shape index (κ2) is 5.31. The minimum atomic E-state index is -4.76. The predicted molar refractivity (Wildman–Crippen MR) is 68.6 cm³/mol. The van der Waals surface area contributed by atoms with Crippen molar-refractivity contribution in [1.82, 2.24) is 0 Å². The fraction of sp³-hybridized carbons (Fsp3) is 0.0769. The van der Waals surface area contributed by atoms with Crippen LogP contribution in [0.15, 0.2) is 42.5 Å². The lowest BCUT2D eigenvalue weighted by Gasteiger charge is -2.14. The topological polar surface area (TPSA) is 9.23 Å². The molecule has 0 radical (unpaired) electrons. The molecule has 0 heterocycles. The maximum atomic E-state index is 12.3. The van der Waals surface area contributed by atoms with Gasteiger partial charge in [-0.3, -0.25) is 0 Å². The lowest BCUT2D eigenvalue weighted by atomic mass is 10.0. The standard InChI is InChI=1S/C13H7Cl2F3O/c14-10-6-3-5-9(12(10)15)8-4-1-2-7-11(8)19-13(16,17)18/h1-7H. The molecule has 0 bridgehead atoms. The summed E-state index contributed by atoms with van der Waals surface area (Å²) in [5.41, 5.74) is 0.612. The molecule has 0 aliphatic carbocycles. The van der Waals surface area contributed by atoms with Gasteiger partial charge in [-0.25, -0.2) is 0 Å². The first-order valence-electron chi connectivity index (χ1n) is 5.17. The summed E-state index contributed by atoms with van der Waals surface area (Å²) in [6.07, 6.45) is -4.76. The van der Waals surface area contributed by atoms with Crippen molar-refractivity contribution in [2.45, 2.75) is 6.36 Å². The molecule has 0 aliphatic rings. The zero-order valence-electron chi connectivity index (χ0n) is 9.34. The maximum absolute atomic E-state index is 12.3. The van der Waals surface area contributed by atoms with Crippen LogP contribution in [0.4, 0.5) is 13.2 Å². The molecule has 19 heavy (non-hydrogen) atoms. The highest BCUT2D eigenvalue weighted by atomic mass is 35.5. The van der Waals surface area contributed by atoms with Crippen LogP contribution >= 0.6 is 23.2 Å². The van der Waals surface area contributed by atoms with Crippen molar-refractivity contribution in [2.75, 3.05) is 0 Å². The van der Waals surface area contributed by atoms with Crippen LogP contribution in [0.3, 0.4) is 0 Å². The summed E-state index contributed by atoms with van der Waals surface area (Å²) < 4.78 is 41.0. The van der Waals surface area contributed by atoms with Gasteiger partial charge in [0.15, 0.2) is 0 Å². The van der Waals surface area contributed by atoms with Crippen LogP contribution in [0.5, 0.6) is 5.75 Å². The first-order valence-corrected chi connectivity index (χ1v) is 5.93. The Balaban J connectivity index is 2.54. The fourth-order valence-corrected chi connectivity index (χ4v) is 2.02. The van der Waals surface area contributed by atoms with Crippen molar-refractivity contribution < 1.29 is 17.9 Å². The lowest BCUT2D eigenvalue weighted by Crippen LogP contribution is -2.17. The average molecular weight is 307 g/mol. The summed E-state index contributed by atoms with van der Waals surface area (Å²) >= 11 is 11.9. The third-order valence-electron chi connectivity index (χ3n) is 2.35. The van der Waals surface area contributed by atoms with Gasteiger partial charge in [0.1, 0.15) is 5.75 Å². The van der Waals surface area contributed by atoms with Gasteiger partial charge >= 0.3 is 6.36 Å². The Morgan fingerprint density at radius 1 is 0.842 bits per heavy atom. The Bertz CT molecular complexity index is 597. The summed E-state index contributed by atoms with van der Waals surface area (Å²) in [7, 11) is 0. The second-order valence-corrected chi connectivity index (χ2v) is 4.43. The Hall–Kier alpha value is -1.39. The van der Waals surface area contributed by atoms with Crippen LogP contribution < -0.4 is 4.74 Å². The lowest BCUT2D eigenvalue weighted by molar-refractivity contribution is -0.274. The summed E-state index contributed by atoms with van der Waals surface area (Å²) in [5, 5.41) is 0.448. The normalized spacial score (nSPS) is 11.4. The molecule has 6 heteroatoms. The van der Waals surface area contributed by atoms with Crippen molar-refractivity contribution in [3.05, 3.63) is 52.5 Å². The molecule has 0 saturated heterocycles. The second-order valence-electron chi connectivity index (χ2n) is 3.65. The number of benzene rings is 2. The first-order chi connectivity index (χ1) is 8.88. The summed E-state index contributed by atoms with van der Waals surface area (Å²) in [5.74, 6) is -0.320. The van der Waals surface area contributed by atoms with Crippen molar-refractivity contribution in [2.24, 2.45) is 0 Å². The molecular weight excluding hydrogens is 300 g/mol. The number of ether oxygens (including phenoxy) is 1. The molecule has 2 aromatic rings. The number of para-hydroxylation sites is 1. The first kappa shape index (κ1) is 14.0. The van der Waals surface area contributed by atoms with Gasteiger partial charge in [0.2, 0.25) is 0 Å². The van der Waals surface area contributed by atoms with Gasteiger partial charge < -0.3 is 4.74 Å². The largest absolute Gasteiger partial charge is 0.573 e. The average Bonchev–Trinajstić information content (AvgIpc) is 2.32. The smallest absolute Gasteiger partial charge is 0.405 e. The fourth-order valence-electron chi connectivity index (χ4n) is 1.61. The zero-order chi connectivity index (χ0) is 14.0. The number of alkyl halides is 3. The highest BCUT2D eigenvalue weighted by molar-refractivity contribution is 6.43. The van der Waals surface area contributed by atoms with Gasteiger partial charge in [-0.1, -0.05) is 53.5 Å². The van der Waals surface area contributed by atoms with E-state index in [-0.39, 0.29) is 21.4 Å². The van der Waals surface area contributed by atoms with E-state index in [4.69, 9.17) is 23.2 Å². The highest BCUT2D eigenvalue weighted by Crippen LogP contribution is 2.39. The SMILES string of the molecule is FC(F)(F)Oc1ccccc1-c1cccc(Cl)c1Cl. The van der Waals surface area contributed by atoms with Crippen LogP contribution in [-0.4, -0.2) is 6.36 Å². The maximum Gasteiger partial charge on any atom is 0.573 e. The third kappa shape index (κ3) is 3.33. The third-order valence-corrected chi connectivity index (χ3v) is 3.17. The molecule has 1 nitrogen and oxygen atoms in total. The summed E-state index contributed by atoms with van der Waals surface area (Å²) in [6, 6.07) is 10.5. The molecular formula is C13H7Cl2F3O. The molecule has 0 unspecified atom stereocenters. The van der Waals surface area contributed by atoms with E-state index in [0.29, 0.717) is 5.56 Å². The Morgan fingerprint density at radius 3 is 2.16 bits per heavy atom. The number of halogens is 5. The molecule has 0 N–H and O–H groups in total. The zero-order valence-corrected chi connectivity index (χ0v) is 10.9. The van der Waals surface area contributed by atoms with E-state index in [1.807, 2.05) is 0 Å². The quantitative estimate of drug-likeness (QED) is 0.706. The van der Waals surface area contributed by atoms with E-state index in [2.05, 4.69) is 4.74 Å². The van der Waals surface area contributed by atoms with Gasteiger partial charge in [-0.15, -0.1) is 13.2 Å². The molecule has 2 aromatic carbocycles. The van der Waals surface area contributed by atoms with Crippen molar-refractivity contribution in [3.63, 3.8) is 0 Å². The summed E-state index contributed by atoms with van der Waals surface area (Å²) in [4.78, 5) is 0. The van der Waals surface area contributed by atoms with E-state index in [1.165, 1.54) is 18.2 Å². The molecule has 0 amide bonds. The molecule has 2 rings (SSSR count). The van der Waals surface area contributed by atoms with E-state index in [1.54, 1.807) is 24.3 Å². The van der Waals surface area contributed by atoms with Crippen molar-refractivity contribution in [1.29, 1.82) is 0 Å². The van der Waals surface area contributed by atoms with Gasteiger partial charge in [0, 0.05) is 11.1 Å². The van der Waals surface area contributed by atoms with Gasteiger partial charge in [-0.05, 0) is 12.1 Å². The summed E-state index contributed by atoms with van der Waals surface area (Å²) in [6.45, 7) is 0. The molecule has 0 spiro atoms. The molecule has 0 aliphatic heterocycles. The van der Waals surface area contributed by atoms with E-state index in [9.17, 15) is 13.2 Å². The van der Waals surface area contributed by atoms with Gasteiger partial charge in [-0.2, -0.15) is 0 Å². The van der Waals surface area contributed by atoms with Crippen LogP contribution in [0.25, 0.3) is 11.1 Å². The number of hydrogen-bond donors (Lipinski definition) is 0. The monoisotopic (exact) mass is 306 g/mol. The van der Waals surface area contributed by atoms with E-state index in [0.717, 1.165) is 0 Å². The Labute approximate surface area is 117 Å². The number of hydrogen-bond acceptors (Lipinski definition) is 1. The molecule has 0 aromatic heterocycles. The van der Waals surface area contributed by atoms with Crippen molar-refractivity contribution >= 4 is 23.2 Å². The van der Waals surface area contributed by atoms with Crippen LogP contribution in [-0.2, 0) is 0 Å². The molecule has 0 fully saturated rings. The molecule has 100 valence electrons. The highest BCUT2D eigenvalue weighted by Gasteiger charge is 2.32. The predicted octanol–water partition coefficient (Wildman–Crippen LogP) is 5.56. The van der Waals surface area contributed by atoms with Gasteiger partial charge in [0.25, 0.3) is 0 Å². The Morgan fingerprint density at radius 2 is 1.47 bits per heavy atom. The van der Waals surface area contributed by atoms with E-state index >= 15 is 0 Å². The minimum Gasteiger partial charge on any atom is -0.405 e. The van der Waals surface area contributed by atoms with Gasteiger partial charge in [0.05, 0.1) is 10.0 Å². The van der Waals surface area contributed by atoms with Crippen LogP contribution in [0, 0.1) is 0 Å². The van der Waals surface area contributed by atoms with Crippen LogP contribution in [0.2, 0.25) is 10.0 Å². The molecule has 0 saturated carbocycles. The minimum absolute atomic E-state index is 0.183. The molecule has 0 atom stereocenters. The van der Waals surface area contributed by atoms with E-state index < -0.39 is 6.36 Å². The van der Waals surface area contributed by atoms with Crippen LogP contribution in [0.1, 0.15) is 0 Å².